The van der Waals surface area contributed by atoms with Crippen LogP contribution in [0.5, 0.6) is 0 Å². The van der Waals surface area contributed by atoms with Crippen LogP contribution in [0.3, 0.4) is 0 Å². The van der Waals surface area contributed by atoms with Gasteiger partial charge in [0.05, 0.1) is 6.10 Å². The molecular weight excluding hydrogens is 271 g/mol. The van der Waals surface area contributed by atoms with E-state index in [0.717, 1.165) is 10.6 Å². The third kappa shape index (κ3) is 3.62. The minimum Gasteiger partial charge on any atom is -0.389 e. The fourth-order valence-corrected chi connectivity index (χ4v) is 3.45. The number of aliphatic hydroxyl groups is 1. The number of thioether (sulfide) groups is 1. The highest BCUT2D eigenvalue weighted by molar-refractivity contribution is 7.98. The lowest BCUT2D eigenvalue weighted by atomic mass is 10.1. The van der Waals surface area contributed by atoms with E-state index in [1.807, 2.05) is 6.07 Å². The lowest BCUT2D eigenvalue weighted by molar-refractivity contribution is 0.191. The van der Waals surface area contributed by atoms with Gasteiger partial charge >= 0.3 is 0 Å². The van der Waals surface area contributed by atoms with Crippen molar-refractivity contribution in [2.24, 2.45) is 0 Å². The van der Waals surface area contributed by atoms with Crippen LogP contribution in [0, 0.1) is 19.7 Å². The molecule has 1 N–H and O–H groups in total. The van der Waals surface area contributed by atoms with E-state index in [-0.39, 0.29) is 5.82 Å². The first kappa shape index (κ1) is 15.1. The maximum Gasteiger partial charge on any atom is 0.130 e. The zero-order valence-electron chi connectivity index (χ0n) is 12.0. The van der Waals surface area contributed by atoms with Crippen molar-refractivity contribution >= 4 is 11.8 Å². The molecule has 0 saturated carbocycles. The highest BCUT2D eigenvalue weighted by atomic mass is 32.2. The molecule has 0 aliphatic carbocycles. The first-order valence-corrected chi connectivity index (χ1v) is 7.62. The molecule has 0 heterocycles. The summed E-state index contributed by atoms with van der Waals surface area (Å²) in [7, 11) is 0. The van der Waals surface area contributed by atoms with Crippen LogP contribution < -0.4 is 0 Å². The molecule has 0 unspecified atom stereocenters. The molecule has 0 aliphatic rings. The van der Waals surface area contributed by atoms with Crippen LogP contribution in [0.25, 0.3) is 0 Å². The summed E-state index contributed by atoms with van der Waals surface area (Å²) in [4.78, 5) is 0.805. The summed E-state index contributed by atoms with van der Waals surface area (Å²) in [5.74, 6) is 0.427. The van der Waals surface area contributed by atoms with Crippen molar-refractivity contribution in [2.45, 2.75) is 37.5 Å². The van der Waals surface area contributed by atoms with Gasteiger partial charge in [0.1, 0.15) is 5.82 Å². The predicted molar refractivity (Wildman–Crippen MR) is 82.5 cm³/mol. The first-order chi connectivity index (χ1) is 9.47. The lowest BCUT2D eigenvalue weighted by Crippen LogP contribution is -1.98. The van der Waals surface area contributed by atoms with Gasteiger partial charge in [0.2, 0.25) is 0 Å². The molecule has 1 atom stereocenters. The van der Waals surface area contributed by atoms with E-state index in [1.54, 1.807) is 24.8 Å². The highest BCUT2D eigenvalue weighted by Gasteiger charge is 2.13. The molecule has 0 aromatic heterocycles. The Morgan fingerprint density at radius 2 is 1.80 bits per heavy atom. The molecule has 106 valence electrons. The van der Waals surface area contributed by atoms with Gasteiger partial charge in [-0.05, 0) is 38.5 Å². The van der Waals surface area contributed by atoms with Gasteiger partial charge in [0, 0.05) is 16.2 Å². The molecule has 0 spiro atoms. The number of rotatable bonds is 4. The van der Waals surface area contributed by atoms with Gasteiger partial charge in [0.15, 0.2) is 0 Å². The molecule has 0 fully saturated rings. The molecule has 2 rings (SSSR count). The second-order valence-corrected chi connectivity index (χ2v) is 6.13. The summed E-state index contributed by atoms with van der Waals surface area (Å²) in [6.45, 7) is 5.74. The van der Waals surface area contributed by atoms with Crippen LogP contribution in [0.4, 0.5) is 4.39 Å². The van der Waals surface area contributed by atoms with Gasteiger partial charge in [-0.25, -0.2) is 4.39 Å². The maximum atomic E-state index is 13.8. The van der Waals surface area contributed by atoms with Crippen molar-refractivity contribution in [3.63, 3.8) is 0 Å². The van der Waals surface area contributed by atoms with Gasteiger partial charge < -0.3 is 5.11 Å². The molecule has 0 amide bonds. The lowest BCUT2D eigenvalue weighted by Gasteiger charge is -2.13. The van der Waals surface area contributed by atoms with Crippen LogP contribution in [0.1, 0.15) is 35.3 Å². The predicted octanol–water partition coefficient (Wildman–Crippen LogP) is 4.79. The minimum absolute atomic E-state index is 0.342. The molecule has 3 heteroatoms. The van der Waals surface area contributed by atoms with Crippen molar-refractivity contribution in [3.05, 3.63) is 64.5 Å². The van der Waals surface area contributed by atoms with Crippen molar-refractivity contribution in [2.75, 3.05) is 0 Å². The van der Waals surface area contributed by atoms with Crippen molar-refractivity contribution < 1.29 is 9.50 Å². The third-order valence-corrected chi connectivity index (χ3v) is 4.25. The average Bonchev–Trinajstić information content (AvgIpc) is 2.34. The summed E-state index contributed by atoms with van der Waals surface area (Å²) in [5.41, 5.74) is 4.07. The second kappa shape index (κ2) is 6.42. The van der Waals surface area contributed by atoms with Crippen LogP contribution >= 0.6 is 11.8 Å². The molecule has 0 bridgehead atoms. The van der Waals surface area contributed by atoms with Gasteiger partial charge in [-0.2, -0.15) is 0 Å². The van der Waals surface area contributed by atoms with E-state index in [4.69, 9.17) is 0 Å². The minimum atomic E-state index is -0.794. The van der Waals surface area contributed by atoms with Crippen molar-refractivity contribution in [1.82, 2.24) is 0 Å². The van der Waals surface area contributed by atoms with E-state index >= 15 is 0 Å². The van der Waals surface area contributed by atoms with Crippen molar-refractivity contribution in [1.29, 1.82) is 0 Å². The Balaban J connectivity index is 2.21. The molecular formula is C17H19FOS. The first-order valence-electron chi connectivity index (χ1n) is 6.64. The van der Waals surface area contributed by atoms with Crippen LogP contribution in [-0.4, -0.2) is 5.11 Å². The van der Waals surface area contributed by atoms with E-state index in [1.165, 1.54) is 22.8 Å². The van der Waals surface area contributed by atoms with Gasteiger partial charge in [-0.3, -0.25) is 0 Å². The quantitative estimate of drug-likeness (QED) is 0.817. The largest absolute Gasteiger partial charge is 0.389 e. The Kier molecular flexibility index (Phi) is 4.84. The standard InChI is InChI=1S/C17H19FOS/c1-11-7-12(2)9-14(8-11)10-20-16-6-4-5-15(18)17(16)13(3)19/h4-9,13,19H,10H2,1-3H3/t13-/m0/s1. The molecule has 2 aromatic rings. The van der Waals surface area contributed by atoms with E-state index < -0.39 is 6.10 Å². The molecule has 2 aromatic carbocycles. The number of hydrogen-bond donors (Lipinski definition) is 1. The van der Waals surface area contributed by atoms with E-state index in [2.05, 4.69) is 32.0 Å². The summed E-state index contributed by atoms with van der Waals surface area (Å²) in [5, 5.41) is 9.72. The average molecular weight is 290 g/mol. The van der Waals surface area contributed by atoms with Gasteiger partial charge in [0.25, 0.3) is 0 Å². The Labute approximate surface area is 123 Å². The monoisotopic (exact) mass is 290 g/mol. The Bertz CT molecular complexity index is 588. The zero-order valence-corrected chi connectivity index (χ0v) is 12.8. The molecule has 0 radical (unpaired) electrons. The van der Waals surface area contributed by atoms with Gasteiger partial charge in [-0.15, -0.1) is 11.8 Å². The van der Waals surface area contributed by atoms with Crippen LogP contribution in [0.2, 0.25) is 0 Å². The summed E-state index contributed by atoms with van der Waals surface area (Å²) in [6.07, 6.45) is -0.794. The molecule has 20 heavy (non-hydrogen) atoms. The smallest absolute Gasteiger partial charge is 0.130 e. The normalized spacial score (nSPS) is 12.4. The summed E-state index contributed by atoms with van der Waals surface area (Å²) < 4.78 is 13.8. The molecule has 0 saturated heterocycles. The molecule has 0 aliphatic heterocycles. The number of aryl methyl sites for hydroxylation is 2. The second-order valence-electron chi connectivity index (χ2n) is 5.11. The zero-order chi connectivity index (χ0) is 14.7. The fraction of sp³-hybridized carbons (Fsp3) is 0.294. The number of hydrogen-bond acceptors (Lipinski definition) is 2. The van der Waals surface area contributed by atoms with Crippen LogP contribution in [-0.2, 0) is 5.75 Å². The number of halogens is 1. The summed E-state index contributed by atoms with van der Waals surface area (Å²) in [6, 6.07) is 11.4. The van der Waals surface area contributed by atoms with Gasteiger partial charge in [-0.1, -0.05) is 35.4 Å². The number of aliphatic hydroxyl groups excluding tert-OH is 1. The Morgan fingerprint density at radius 3 is 2.40 bits per heavy atom. The topological polar surface area (TPSA) is 20.2 Å². The fourth-order valence-electron chi connectivity index (χ4n) is 2.36. The van der Waals surface area contributed by atoms with Crippen molar-refractivity contribution in [3.8, 4) is 0 Å². The maximum absolute atomic E-state index is 13.8. The molecule has 1 nitrogen and oxygen atoms in total. The Morgan fingerprint density at radius 1 is 1.15 bits per heavy atom. The highest BCUT2D eigenvalue weighted by Crippen LogP contribution is 2.32. The third-order valence-electron chi connectivity index (χ3n) is 3.11. The SMILES string of the molecule is Cc1cc(C)cc(CSc2cccc(F)c2[C@H](C)O)c1. The number of benzene rings is 2. The van der Waals surface area contributed by atoms with E-state index in [9.17, 15) is 9.50 Å². The van der Waals surface area contributed by atoms with Crippen LogP contribution in [0.15, 0.2) is 41.3 Å². The summed E-state index contributed by atoms with van der Waals surface area (Å²) >= 11 is 1.56. The Hall–Kier alpha value is -1.32. The van der Waals surface area contributed by atoms with E-state index in [0.29, 0.717) is 5.56 Å².